The first-order valence-electron chi connectivity index (χ1n) is 9.60. The smallest absolute Gasteiger partial charge is 0.322 e. The molecule has 29 heavy (non-hydrogen) atoms. The molecule has 3 aromatic rings. The van der Waals surface area contributed by atoms with Crippen LogP contribution in [0.4, 0.5) is 14.9 Å². The second-order valence-corrected chi connectivity index (χ2v) is 8.38. The Labute approximate surface area is 179 Å². The summed E-state index contributed by atoms with van der Waals surface area (Å²) in [7, 11) is 0. The molecule has 6 heteroatoms. The van der Waals surface area contributed by atoms with E-state index in [1.54, 1.807) is 6.07 Å². The van der Waals surface area contributed by atoms with Crippen LogP contribution in [0.1, 0.15) is 25.1 Å². The van der Waals surface area contributed by atoms with Crippen molar-refractivity contribution in [1.82, 2.24) is 9.47 Å². The summed E-state index contributed by atoms with van der Waals surface area (Å²) in [6.45, 7) is 5.84. The monoisotopic (exact) mass is 457 g/mol. The highest BCUT2D eigenvalue weighted by atomic mass is 79.9. The van der Waals surface area contributed by atoms with E-state index in [4.69, 9.17) is 0 Å². The van der Waals surface area contributed by atoms with Gasteiger partial charge in [-0.3, -0.25) is 0 Å². The Morgan fingerprint density at radius 1 is 1.14 bits per heavy atom. The third-order valence-electron chi connectivity index (χ3n) is 4.49. The van der Waals surface area contributed by atoms with Crippen LogP contribution in [0.15, 0.2) is 71.3 Å². The molecule has 0 bridgehead atoms. The minimum Gasteiger partial charge on any atom is -0.345 e. The van der Waals surface area contributed by atoms with E-state index >= 15 is 0 Å². The maximum Gasteiger partial charge on any atom is 0.322 e. The summed E-state index contributed by atoms with van der Waals surface area (Å²) in [5.74, 6) is 0.0869. The van der Waals surface area contributed by atoms with E-state index in [0.717, 1.165) is 21.4 Å². The number of amides is 2. The summed E-state index contributed by atoms with van der Waals surface area (Å²) in [6, 6.07) is 17.9. The van der Waals surface area contributed by atoms with E-state index in [2.05, 4.69) is 39.7 Å². The first-order chi connectivity index (χ1) is 13.9. The number of benzene rings is 2. The molecule has 152 valence electrons. The highest BCUT2D eigenvalue weighted by molar-refractivity contribution is 9.10. The zero-order valence-corrected chi connectivity index (χ0v) is 18.2. The number of carbonyl (C=O) groups excluding carboxylic acids is 1. The molecule has 2 amide bonds. The third-order valence-corrected chi connectivity index (χ3v) is 5.02. The topological polar surface area (TPSA) is 37.3 Å². The van der Waals surface area contributed by atoms with Gasteiger partial charge in [0.1, 0.15) is 5.82 Å². The van der Waals surface area contributed by atoms with Gasteiger partial charge in [0.25, 0.3) is 0 Å². The van der Waals surface area contributed by atoms with Crippen LogP contribution in [-0.4, -0.2) is 22.0 Å². The van der Waals surface area contributed by atoms with Gasteiger partial charge in [-0.25, -0.2) is 9.18 Å². The molecular weight excluding hydrogens is 433 g/mol. The molecule has 3 rings (SSSR count). The summed E-state index contributed by atoms with van der Waals surface area (Å²) in [4.78, 5) is 14.7. The number of halogens is 2. The molecule has 0 radical (unpaired) electrons. The normalized spacial score (nSPS) is 10.9. The highest BCUT2D eigenvalue weighted by Gasteiger charge is 2.17. The number of urea groups is 1. The van der Waals surface area contributed by atoms with Crippen molar-refractivity contribution >= 4 is 27.6 Å². The van der Waals surface area contributed by atoms with Gasteiger partial charge in [-0.15, -0.1) is 0 Å². The lowest BCUT2D eigenvalue weighted by Crippen LogP contribution is -2.37. The van der Waals surface area contributed by atoms with Gasteiger partial charge in [0.05, 0.1) is 6.54 Å². The molecule has 1 heterocycles. The van der Waals surface area contributed by atoms with Gasteiger partial charge in [-0.05, 0) is 60.0 Å². The third kappa shape index (κ3) is 6.19. The Morgan fingerprint density at radius 2 is 1.90 bits per heavy atom. The van der Waals surface area contributed by atoms with E-state index in [1.807, 2.05) is 53.6 Å². The van der Waals surface area contributed by atoms with Crippen molar-refractivity contribution in [3.8, 4) is 0 Å². The van der Waals surface area contributed by atoms with Crippen molar-refractivity contribution in [2.45, 2.75) is 26.9 Å². The summed E-state index contributed by atoms with van der Waals surface area (Å²) >= 11 is 3.40. The fraction of sp³-hybridized carbons (Fsp3) is 0.261. The molecule has 2 aromatic carbocycles. The Bertz CT molecular complexity index is 953. The van der Waals surface area contributed by atoms with E-state index in [0.29, 0.717) is 25.6 Å². The molecule has 0 unspecified atom stereocenters. The molecule has 0 saturated heterocycles. The second kappa shape index (κ2) is 9.74. The van der Waals surface area contributed by atoms with Crippen LogP contribution in [0.5, 0.6) is 0 Å². The average Bonchev–Trinajstić information content (AvgIpc) is 3.09. The summed E-state index contributed by atoms with van der Waals surface area (Å²) in [6.07, 6.45) is 1.96. The van der Waals surface area contributed by atoms with Crippen LogP contribution in [-0.2, 0) is 13.1 Å². The maximum atomic E-state index is 13.5. The molecule has 4 nitrogen and oxygen atoms in total. The van der Waals surface area contributed by atoms with Gasteiger partial charge in [-0.2, -0.15) is 0 Å². The van der Waals surface area contributed by atoms with Crippen LogP contribution < -0.4 is 5.32 Å². The second-order valence-electron chi connectivity index (χ2n) is 7.47. The highest BCUT2D eigenvalue weighted by Crippen LogP contribution is 2.17. The summed E-state index contributed by atoms with van der Waals surface area (Å²) in [5.41, 5.74) is 2.64. The number of rotatable bonds is 7. The maximum absolute atomic E-state index is 13.5. The Hall–Kier alpha value is -2.60. The molecule has 0 aliphatic carbocycles. The van der Waals surface area contributed by atoms with E-state index in [9.17, 15) is 9.18 Å². The van der Waals surface area contributed by atoms with Crippen LogP contribution in [0.3, 0.4) is 0 Å². The zero-order valence-electron chi connectivity index (χ0n) is 16.6. The van der Waals surface area contributed by atoms with E-state index < -0.39 is 0 Å². The van der Waals surface area contributed by atoms with Crippen LogP contribution in [0.25, 0.3) is 0 Å². The molecule has 0 aliphatic rings. The van der Waals surface area contributed by atoms with Crippen molar-refractivity contribution in [1.29, 1.82) is 0 Å². The minimum absolute atomic E-state index is 0.139. The number of nitrogens with one attached hydrogen (secondary N) is 1. The summed E-state index contributed by atoms with van der Waals surface area (Å²) in [5, 5.41) is 2.97. The fourth-order valence-electron chi connectivity index (χ4n) is 3.17. The molecule has 0 saturated carbocycles. The number of hydrogen-bond donors (Lipinski definition) is 1. The number of carbonyl (C=O) groups is 1. The van der Waals surface area contributed by atoms with Crippen molar-refractivity contribution in [2.75, 3.05) is 11.9 Å². The van der Waals surface area contributed by atoms with Gasteiger partial charge in [0, 0.05) is 35.1 Å². The van der Waals surface area contributed by atoms with Crippen molar-refractivity contribution in [2.24, 2.45) is 5.92 Å². The number of anilines is 1. The zero-order chi connectivity index (χ0) is 20.8. The number of hydrogen-bond acceptors (Lipinski definition) is 1. The van der Waals surface area contributed by atoms with E-state index in [-0.39, 0.29) is 11.8 Å². The van der Waals surface area contributed by atoms with Gasteiger partial charge < -0.3 is 14.8 Å². The van der Waals surface area contributed by atoms with E-state index in [1.165, 1.54) is 12.1 Å². The molecule has 1 aromatic heterocycles. The van der Waals surface area contributed by atoms with Crippen molar-refractivity contribution in [3.63, 3.8) is 0 Å². The van der Waals surface area contributed by atoms with Gasteiger partial charge in [0.15, 0.2) is 0 Å². The fourth-order valence-corrected chi connectivity index (χ4v) is 3.43. The van der Waals surface area contributed by atoms with Crippen LogP contribution in [0.2, 0.25) is 0 Å². The first-order valence-corrected chi connectivity index (χ1v) is 10.4. The Kier molecular flexibility index (Phi) is 7.09. The van der Waals surface area contributed by atoms with Gasteiger partial charge >= 0.3 is 6.03 Å². The summed E-state index contributed by atoms with van der Waals surface area (Å²) < 4.78 is 16.5. The lowest BCUT2D eigenvalue weighted by atomic mass is 10.2. The first kappa shape index (κ1) is 21.1. The standard InChI is InChI=1S/C23H25BrFN3O/c1-17(2)14-28(23(29)26-21-10-8-19(24)9-11-21)16-22-7-4-12-27(22)15-18-5-3-6-20(25)13-18/h3-13,17H,14-16H2,1-2H3,(H,26,29). The largest absolute Gasteiger partial charge is 0.345 e. The molecule has 0 aliphatic heterocycles. The van der Waals surface area contributed by atoms with Crippen LogP contribution in [0, 0.1) is 11.7 Å². The lowest BCUT2D eigenvalue weighted by molar-refractivity contribution is 0.200. The van der Waals surface area contributed by atoms with Gasteiger partial charge in [0.2, 0.25) is 0 Å². The van der Waals surface area contributed by atoms with Crippen molar-refractivity contribution in [3.05, 3.63) is 88.4 Å². The minimum atomic E-state index is -0.244. The Morgan fingerprint density at radius 3 is 2.59 bits per heavy atom. The Balaban J connectivity index is 1.74. The molecular formula is C23H25BrFN3O. The predicted molar refractivity (Wildman–Crippen MR) is 118 cm³/mol. The van der Waals surface area contributed by atoms with Gasteiger partial charge in [-0.1, -0.05) is 41.9 Å². The average molecular weight is 458 g/mol. The molecule has 0 fully saturated rings. The SMILES string of the molecule is CC(C)CN(Cc1cccn1Cc1cccc(F)c1)C(=O)Nc1ccc(Br)cc1. The molecule has 0 spiro atoms. The molecule has 0 atom stereocenters. The quantitative estimate of drug-likeness (QED) is 0.455. The predicted octanol–water partition coefficient (Wildman–Crippen LogP) is 6.13. The molecule has 1 N–H and O–H groups in total. The van der Waals surface area contributed by atoms with Crippen LogP contribution >= 0.6 is 15.9 Å². The van der Waals surface area contributed by atoms with Crippen molar-refractivity contribution < 1.29 is 9.18 Å². The number of nitrogens with zero attached hydrogens (tertiary/aromatic N) is 2. The number of aromatic nitrogens is 1. The lowest BCUT2D eigenvalue weighted by Gasteiger charge is -2.26.